The minimum atomic E-state index is -3.69. The fourth-order valence-corrected chi connectivity index (χ4v) is 4.16. The maximum Gasteiger partial charge on any atom is 0.238 e. The number of aryl methyl sites for hydroxylation is 2. The SMILES string of the molecule is Cc1ccc(-n2ccnc2SCC(=O)NCCc2ccc(S(N)(=O)=O)cc2)cc1C. The number of rotatable bonds is 8. The van der Waals surface area contributed by atoms with Crippen LogP contribution in [-0.4, -0.2) is 36.2 Å². The van der Waals surface area contributed by atoms with Gasteiger partial charge in [0.1, 0.15) is 0 Å². The third-order valence-electron chi connectivity index (χ3n) is 4.70. The van der Waals surface area contributed by atoms with Crippen molar-refractivity contribution in [3.05, 3.63) is 71.5 Å². The molecule has 0 radical (unpaired) electrons. The van der Waals surface area contributed by atoms with E-state index in [1.165, 1.54) is 35.0 Å². The molecule has 0 spiro atoms. The number of benzene rings is 2. The standard InChI is InChI=1S/C21H24N4O3S2/c1-15-3-6-18(13-16(15)2)25-12-11-24-21(25)29-14-20(26)23-10-9-17-4-7-19(8-5-17)30(22,27)28/h3-8,11-13H,9-10,14H2,1-2H3,(H,23,26)(H2,22,27,28). The van der Waals surface area contributed by atoms with Crippen LogP contribution in [0.25, 0.3) is 5.69 Å². The number of nitrogens with one attached hydrogen (secondary N) is 1. The van der Waals surface area contributed by atoms with Gasteiger partial charge in [-0.05, 0) is 61.2 Å². The Morgan fingerprint density at radius 2 is 1.87 bits per heavy atom. The fourth-order valence-electron chi connectivity index (χ4n) is 2.84. The van der Waals surface area contributed by atoms with Gasteiger partial charge in [-0.15, -0.1) is 0 Å². The van der Waals surface area contributed by atoms with E-state index in [4.69, 9.17) is 5.14 Å². The molecule has 30 heavy (non-hydrogen) atoms. The van der Waals surface area contributed by atoms with Crippen molar-refractivity contribution in [1.29, 1.82) is 0 Å². The van der Waals surface area contributed by atoms with Crippen LogP contribution in [0, 0.1) is 13.8 Å². The molecule has 158 valence electrons. The number of sulfonamides is 1. The lowest BCUT2D eigenvalue weighted by atomic mass is 10.1. The fraction of sp³-hybridized carbons (Fsp3) is 0.238. The van der Waals surface area contributed by atoms with Crippen LogP contribution in [0.5, 0.6) is 0 Å². The number of imidazole rings is 1. The predicted molar refractivity (Wildman–Crippen MR) is 118 cm³/mol. The Hall–Kier alpha value is -2.62. The molecule has 9 heteroatoms. The second-order valence-electron chi connectivity index (χ2n) is 6.93. The molecule has 1 heterocycles. The molecule has 0 saturated carbocycles. The average molecular weight is 445 g/mol. The van der Waals surface area contributed by atoms with Gasteiger partial charge >= 0.3 is 0 Å². The van der Waals surface area contributed by atoms with Crippen molar-refractivity contribution in [2.24, 2.45) is 5.14 Å². The summed E-state index contributed by atoms with van der Waals surface area (Å²) in [6, 6.07) is 12.5. The van der Waals surface area contributed by atoms with Gasteiger partial charge < -0.3 is 5.32 Å². The molecule has 0 atom stereocenters. The third-order valence-corrected chi connectivity index (χ3v) is 6.59. The predicted octanol–water partition coefficient (Wildman–Crippen LogP) is 2.59. The zero-order valence-corrected chi connectivity index (χ0v) is 18.5. The molecule has 2 aromatic carbocycles. The van der Waals surface area contributed by atoms with E-state index in [1.54, 1.807) is 18.3 Å². The molecule has 7 nitrogen and oxygen atoms in total. The molecule has 3 N–H and O–H groups in total. The number of primary sulfonamides is 1. The van der Waals surface area contributed by atoms with Crippen molar-refractivity contribution >= 4 is 27.7 Å². The summed E-state index contributed by atoms with van der Waals surface area (Å²) in [6.07, 6.45) is 4.20. The summed E-state index contributed by atoms with van der Waals surface area (Å²) in [6.45, 7) is 4.60. The van der Waals surface area contributed by atoms with Crippen molar-refractivity contribution < 1.29 is 13.2 Å². The van der Waals surface area contributed by atoms with E-state index in [9.17, 15) is 13.2 Å². The van der Waals surface area contributed by atoms with Gasteiger partial charge in [-0.25, -0.2) is 18.5 Å². The first-order chi connectivity index (χ1) is 14.2. The number of carbonyl (C=O) groups excluding carboxylic acids is 1. The van der Waals surface area contributed by atoms with Crippen molar-refractivity contribution in [3.63, 3.8) is 0 Å². The highest BCUT2D eigenvalue weighted by molar-refractivity contribution is 7.99. The smallest absolute Gasteiger partial charge is 0.238 e. The number of nitrogens with two attached hydrogens (primary N) is 1. The molecule has 1 aromatic heterocycles. The van der Waals surface area contributed by atoms with Gasteiger partial charge in [0, 0.05) is 24.6 Å². The van der Waals surface area contributed by atoms with E-state index in [0.29, 0.717) is 13.0 Å². The largest absolute Gasteiger partial charge is 0.355 e. The van der Waals surface area contributed by atoms with Gasteiger partial charge in [0.25, 0.3) is 0 Å². The van der Waals surface area contributed by atoms with Crippen LogP contribution in [0.15, 0.2) is 64.9 Å². The maximum absolute atomic E-state index is 12.2. The van der Waals surface area contributed by atoms with Gasteiger partial charge in [0.2, 0.25) is 15.9 Å². The molecular weight excluding hydrogens is 420 g/mol. The Morgan fingerprint density at radius 3 is 2.53 bits per heavy atom. The number of hydrogen-bond donors (Lipinski definition) is 2. The van der Waals surface area contributed by atoms with E-state index >= 15 is 0 Å². The van der Waals surface area contributed by atoms with E-state index < -0.39 is 10.0 Å². The lowest BCUT2D eigenvalue weighted by Gasteiger charge is -2.10. The van der Waals surface area contributed by atoms with Crippen LogP contribution < -0.4 is 10.5 Å². The van der Waals surface area contributed by atoms with Gasteiger partial charge in [-0.3, -0.25) is 9.36 Å². The number of aromatic nitrogens is 2. The molecule has 0 saturated heterocycles. The van der Waals surface area contributed by atoms with Gasteiger partial charge in [-0.1, -0.05) is 30.0 Å². The van der Waals surface area contributed by atoms with Crippen LogP contribution in [0.3, 0.4) is 0 Å². The van der Waals surface area contributed by atoms with E-state index in [2.05, 4.69) is 36.3 Å². The third kappa shape index (κ3) is 5.71. The van der Waals surface area contributed by atoms with Crippen LogP contribution in [0.2, 0.25) is 0 Å². The van der Waals surface area contributed by atoms with Crippen LogP contribution >= 0.6 is 11.8 Å². The summed E-state index contributed by atoms with van der Waals surface area (Å²) in [5.41, 5.74) is 4.36. The van der Waals surface area contributed by atoms with Crippen LogP contribution in [0.1, 0.15) is 16.7 Å². The van der Waals surface area contributed by atoms with E-state index in [-0.39, 0.29) is 16.6 Å². The van der Waals surface area contributed by atoms with E-state index in [0.717, 1.165) is 16.4 Å². The number of amides is 1. The van der Waals surface area contributed by atoms with Crippen LogP contribution in [-0.2, 0) is 21.2 Å². The monoisotopic (exact) mass is 444 g/mol. The number of nitrogens with zero attached hydrogens (tertiary/aromatic N) is 2. The molecule has 0 aliphatic heterocycles. The Kier molecular flexibility index (Phi) is 6.96. The van der Waals surface area contributed by atoms with Crippen molar-refractivity contribution in [3.8, 4) is 5.69 Å². The highest BCUT2D eigenvalue weighted by atomic mass is 32.2. The van der Waals surface area contributed by atoms with Crippen molar-refractivity contribution in [2.45, 2.75) is 30.3 Å². The Morgan fingerprint density at radius 1 is 1.13 bits per heavy atom. The lowest BCUT2D eigenvalue weighted by molar-refractivity contribution is -0.118. The second kappa shape index (κ2) is 9.46. The molecule has 0 fully saturated rings. The van der Waals surface area contributed by atoms with E-state index in [1.807, 2.05) is 16.8 Å². The molecule has 0 aliphatic rings. The van der Waals surface area contributed by atoms with Crippen LogP contribution in [0.4, 0.5) is 0 Å². The molecule has 3 rings (SSSR count). The molecule has 3 aromatic rings. The number of thioether (sulfide) groups is 1. The molecule has 1 amide bonds. The van der Waals surface area contributed by atoms with Gasteiger partial charge in [0.05, 0.1) is 10.6 Å². The number of hydrogen-bond acceptors (Lipinski definition) is 5. The molecule has 0 aliphatic carbocycles. The summed E-state index contributed by atoms with van der Waals surface area (Å²) in [5, 5.41) is 8.72. The topological polar surface area (TPSA) is 107 Å². The van der Waals surface area contributed by atoms with Gasteiger partial charge in [0.15, 0.2) is 5.16 Å². The summed E-state index contributed by atoms with van der Waals surface area (Å²) in [5.74, 6) is 0.169. The normalized spacial score (nSPS) is 11.4. The maximum atomic E-state index is 12.2. The summed E-state index contributed by atoms with van der Waals surface area (Å²) in [4.78, 5) is 16.6. The van der Waals surface area contributed by atoms with Gasteiger partial charge in [-0.2, -0.15) is 0 Å². The first-order valence-corrected chi connectivity index (χ1v) is 11.9. The first-order valence-electron chi connectivity index (χ1n) is 9.36. The summed E-state index contributed by atoms with van der Waals surface area (Å²) >= 11 is 1.38. The number of carbonyl (C=O) groups is 1. The summed E-state index contributed by atoms with van der Waals surface area (Å²) in [7, 11) is -3.69. The Labute approximate surface area is 180 Å². The van der Waals surface area contributed by atoms with Crippen molar-refractivity contribution in [2.75, 3.05) is 12.3 Å². The zero-order chi connectivity index (χ0) is 21.7. The van der Waals surface area contributed by atoms with Crippen molar-refractivity contribution in [1.82, 2.24) is 14.9 Å². The Bertz CT molecular complexity index is 1140. The quantitative estimate of drug-likeness (QED) is 0.519. The minimum Gasteiger partial charge on any atom is -0.355 e. The molecule has 0 bridgehead atoms. The molecular formula is C21H24N4O3S2. The zero-order valence-electron chi connectivity index (χ0n) is 16.8. The Balaban J connectivity index is 1.50. The second-order valence-corrected chi connectivity index (χ2v) is 9.43. The molecule has 0 unspecified atom stereocenters. The highest BCUT2D eigenvalue weighted by Gasteiger charge is 2.10. The first kappa shape index (κ1) is 22.1. The summed E-state index contributed by atoms with van der Waals surface area (Å²) < 4.78 is 24.5. The highest BCUT2D eigenvalue weighted by Crippen LogP contribution is 2.22. The lowest BCUT2D eigenvalue weighted by Crippen LogP contribution is -2.27. The average Bonchev–Trinajstić information content (AvgIpc) is 3.17. The minimum absolute atomic E-state index is 0.0750.